The fraction of sp³-hybridized carbons (Fsp3) is 0.357. The number of benzene rings is 1. The SMILES string of the molecule is CCCNC(c1ccc(F)c(C(F)(F)F)c1)c1ncc[nH]1. The van der Waals surface area contributed by atoms with Gasteiger partial charge in [-0.1, -0.05) is 13.0 Å². The second-order valence-corrected chi connectivity index (χ2v) is 4.60. The molecule has 0 aliphatic heterocycles. The van der Waals surface area contributed by atoms with Crippen molar-refractivity contribution >= 4 is 0 Å². The van der Waals surface area contributed by atoms with E-state index in [4.69, 9.17) is 0 Å². The van der Waals surface area contributed by atoms with E-state index in [9.17, 15) is 17.6 Å². The van der Waals surface area contributed by atoms with Crippen LogP contribution in [-0.4, -0.2) is 16.5 Å². The molecule has 0 spiro atoms. The quantitative estimate of drug-likeness (QED) is 0.828. The monoisotopic (exact) mass is 301 g/mol. The van der Waals surface area contributed by atoms with Crippen LogP contribution >= 0.6 is 0 Å². The molecule has 3 nitrogen and oxygen atoms in total. The molecular weight excluding hydrogens is 286 g/mol. The molecule has 0 amide bonds. The zero-order chi connectivity index (χ0) is 15.5. The van der Waals surface area contributed by atoms with Crippen molar-refractivity contribution in [1.82, 2.24) is 15.3 Å². The summed E-state index contributed by atoms with van der Waals surface area (Å²) in [6.07, 6.45) is -0.808. The van der Waals surface area contributed by atoms with E-state index in [0.717, 1.165) is 18.6 Å². The second kappa shape index (κ2) is 6.26. The van der Waals surface area contributed by atoms with E-state index < -0.39 is 23.6 Å². The molecule has 21 heavy (non-hydrogen) atoms. The van der Waals surface area contributed by atoms with Crippen molar-refractivity contribution in [1.29, 1.82) is 0 Å². The molecule has 0 fully saturated rings. The molecule has 1 aromatic heterocycles. The van der Waals surface area contributed by atoms with Crippen molar-refractivity contribution in [3.63, 3.8) is 0 Å². The Balaban J connectivity index is 2.41. The van der Waals surface area contributed by atoms with Crippen LogP contribution in [0.5, 0.6) is 0 Å². The number of H-pyrrole nitrogens is 1. The minimum Gasteiger partial charge on any atom is -0.347 e. The first-order valence-electron chi connectivity index (χ1n) is 6.52. The lowest BCUT2D eigenvalue weighted by molar-refractivity contribution is -0.140. The predicted octanol–water partition coefficient (Wildman–Crippen LogP) is 3.66. The number of alkyl halides is 3. The Labute approximate surface area is 119 Å². The molecule has 1 atom stereocenters. The van der Waals surface area contributed by atoms with Gasteiger partial charge in [-0.15, -0.1) is 0 Å². The minimum atomic E-state index is -4.72. The fourth-order valence-corrected chi connectivity index (χ4v) is 2.04. The van der Waals surface area contributed by atoms with Crippen LogP contribution in [0.15, 0.2) is 30.6 Å². The summed E-state index contributed by atoms with van der Waals surface area (Å²) >= 11 is 0. The summed E-state index contributed by atoms with van der Waals surface area (Å²) in [5, 5.41) is 3.10. The molecule has 0 radical (unpaired) electrons. The topological polar surface area (TPSA) is 40.7 Å². The van der Waals surface area contributed by atoms with Crippen LogP contribution in [0.1, 0.15) is 36.3 Å². The second-order valence-electron chi connectivity index (χ2n) is 4.60. The van der Waals surface area contributed by atoms with E-state index in [1.54, 1.807) is 6.20 Å². The van der Waals surface area contributed by atoms with E-state index >= 15 is 0 Å². The van der Waals surface area contributed by atoms with Gasteiger partial charge in [-0.2, -0.15) is 13.2 Å². The fourth-order valence-electron chi connectivity index (χ4n) is 2.04. The lowest BCUT2D eigenvalue weighted by Gasteiger charge is -2.18. The van der Waals surface area contributed by atoms with Crippen molar-refractivity contribution in [2.24, 2.45) is 0 Å². The average Bonchev–Trinajstić information content (AvgIpc) is 2.93. The van der Waals surface area contributed by atoms with Crippen LogP contribution in [0.3, 0.4) is 0 Å². The Morgan fingerprint density at radius 3 is 2.67 bits per heavy atom. The number of aromatic nitrogens is 2. The number of halogens is 4. The summed E-state index contributed by atoms with van der Waals surface area (Å²) in [4.78, 5) is 6.94. The van der Waals surface area contributed by atoms with Crippen LogP contribution in [0.25, 0.3) is 0 Å². The van der Waals surface area contributed by atoms with Gasteiger partial charge >= 0.3 is 6.18 Å². The summed E-state index contributed by atoms with van der Waals surface area (Å²) in [6, 6.07) is 2.45. The maximum absolute atomic E-state index is 13.4. The third-order valence-electron chi connectivity index (χ3n) is 3.02. The van der Waals surface area contributed by atoms with Gasteiger partial charge < -0.3 is 10.3 Å². The Kier molecular flexibility index (Phi) is 4.62. The normalized spacial score (nSPS) is 13.4. The van der Waals surface area contributed by atoms with E-state index in [0.29, 0.717) is 17.9 Å². The van der Waals surface area contributed by atoms with Crippen molar-refractivity contribution in [3.05, 3.63) is 53.4 Å². The zero-order valence-corrected chi connectivity index (χ0v) is 11.3. The molecule has 2 rings (SSSR count). The highest BCUT2D eigenvalue weighted by molar-refractivity contribution is 5.32. The largest absolute Gasteiger partial charge is 0.419 e. The molecular formula is C14H15F4N3. The third-order valence-corrected chi connectivity index (χ3v) is 3.02. The van der Waals surface area contributed by atoms with Crippen molar-refractivity contribution in [3.8, 4) is 0 Å². The molecule has 7 heteroatoms. The van der Waals surface area contributed by atoms with Gasteiger partial charge in [0, 0.05) is 12.4 Å². The molecule has 0 bridgehead atoms. The summed E-state index contributed by atoms with van der Waals surface area (Å²) in [7, 11) is 0. The molecule has 0 saturated carbocycles. The highest BCUT2D eigenvalue weighted by atomic mass is 19.4. The Morgan fingerprint density at radius 1 is 1.33 bits per heavy atom. The summed E-state index contributed by atoms with van der Waals surface area (Å²) in [5.41, 5.74) is -0.957. The number of rotatable bonds is 5. The summed E-state index contributed by atoms with van der Waals surface area (Å²) < 4.78 is 51.8. The molecule has 1 aromatic carbocycles. The maximum atomic E-state index is 13.4. The lowest BCUT2D eigenvalue weighted by atomic mass is 10.0. The standard InChI is InChI=1S/C14H15F4N3/c1-2-5-19-12(13-20-6-7-21-13)9-3-4-11(15)10(8-9)14(16,17)18/h3-4,6-8,12,19H,2,5H2,1H3,(H,20,21). The maximum Gasteiger partial charge on any atom is 0.419 e. The van der Waals surface area contributed by atoms with Crippen LogP contribution in [-0.2, 0) is 6.18 Å². The van der Waals surface area contributed by atoms with Gasteiger partial charge in [0.1, 0.15) is 11.6 Å². The van der Waals surface area contributed by atoms with Crippen LogP contribution in [0.2, 0.25) is 0 Å². The van der Waals surface area contributed by atoms with Gasteiger partial charge in [0.15, 0.2) is 0 Å². The zero-order valence-electron chi connectivity index (χ0n) is 11.3. The molecule has 2 aromatic rings. The molecule has 114 valence electrons. The highest BCUT2D eigenvalue weighted by Crippen LogP contribution is 2.33. The first-order chi connectivity index (χ1) is 9.93. The van der Waals surface area contributed by atoms with Gasteiger partial charge in [0.25, 0.3) is 0 Å². The van der Waals surface area contributed by atoms with Gasteiger partial charge in [0.05, 0.1) is 11.6 Å². The van der Waals surface area contributed by atoms with Crippen molar-refractivity contribution in [2.45, 2.75) is 25.6 Å². The number of hydrogen-bond donors (Lipinski definition) is 2. The van der Waals surface area contributed by atoms with Gasteiger partial charge in [0.2, 0.25) is 0 Å². The smallest absolute Gasteiger partial charge is 0.347 e. The van der Waals surface area contributed by atoms with Crippen molar-refractivity contribution in [2.75, 3.05) is 6.54 Å². The van der Waals surface area contributed by atoms with Gasteiger partial charge in [-0.25, -0.2) is 9.37 Å². The van der Waals surface area contributed by atoms with Crippen LogP contribution in [0, 0.1) is 5.82 Å². The number of imidazole rings is 1. The Hall–Kier alpha value is -1.89. The minimum absolute atomic E-state index is 0.312. The van der Waals surface area contributed by atoms with E-state index in [1.165, 1.54) is 12.3 Å². The van der Waals surface area contributed by atoms with E-state index in [-0.39, 0.29) is 0 Å². The molecule has 0 saturated heterocycles. The first kappa shape index (κ1) is 15.5. The Bertz CT molecular complexity index is 578. The van der Waals surface area contributed by atoms with Gasteiger partial charge in [-0.05, 0) is 30.7 Å². The number of hydrogen-bond acceptors (Lipinski definition) is 2. The number of nitrogens with zero attached hydrogens (tertiary/aromatic N) is 1. The average molecular weight is 301 g/mol. The van der Waals surface area contributed by atoms with E-state index in [2.05, 4.69) is 15.3 Å². The molecule has 2 N–H and O–H groups in total. The highest BCUT2D eigenvalue weighted by Gasteiger charge is 2.35. The summed E-state index contributed by atoms with van der Waals surface area (Å²) in [6.45, 7) is 2.54. The predicted molar refractivity (Wildman–Crippen MR) is 70.1 cm³/mol. The van der Waals surface area contributed by atoms with E-state index in [1.807, 2.05) is 6.92 Å². The lowest BCUT2D eigenvalue weighted by Crippen LogP contribution is -2.25. The molecule has 0 aliphatic rings. The Morgan fingerprint density at radius 2 is 2.10 bits per heavy atom. The molecule has 1 unspecified atom stereocenters. The molecule has 1 heterocycles. The number of aromatic amines is 1. The van der Waals surface area contributed by atoms with Crippen LogP contribution < -0.4 is 5.32 Å². The summed E-state index contributed by atoms with van der Waals surface area (Å²) in [5.74, 6) is -0.789. The molecule has 0 aliphatic carbocycles. The van der Waals surface area contributed by atoms with Gasteiger partial charge in [-0.3, -0.25) is 0 Å². The first-order valence-corrected chi connectivity index (χ1v) is 6.52. The number of nitrogens with one attached hydrogen (secondary N) is 2. The third kappa shape index (κ3) is 3.60. The van der Waals surface area contributed by atoms with Crippen molar-refractivity contribution < 1.29 is 17.6 Å². The van der Waals surface area contributed by atoms with Crippen LogP contribution in [0.4, 0.5) is 17.6 Å².